The monoisotopic (exact) mass is 377 g/mol. The maximum absolute atomic E-state index is 12.0. The van der Waals surface area contributed by atoms with Crippen molar-refractivity contribution in [1.82, 2.24) is 15.2 Å². The zero-order chi connectivity index (χ0) is 19.1. The Hall–Kier alpha value is -1.54. The molecule has 2 aliphatic heterocycles. The van der Waals surface area contributed by atoms with Crippen LogP contribution in [0.1, 0.15) is 38.2 Å². The van der Waals surface area contributed by atoms with E-state index >= 15 is 0 Å². The standard InChI is InChI=1S/C20H31N3O4/c1-2-7-22-20(25)10-17-3-4-18-19(27-17)14-26-13-16(24)12-23(18)11-15-5-8-21-9-6-15/h5-6,8-9,16-19,24H,2-4,7,10-14H2,1H3,(H,22,25)/t16-,17+,18+,19-/m0/s1. The summed E-state index contributed by atoms with van der Waals surface area (Å²) >= 11 is 0. The van der Waals surface area contributed by atoms with Crippen molar-refractivity contribution in [2.24, 2.45) is 0 Å². The highest BCUT2D eigenvalue weighted by Gasteiger charge is 2.37. The van der Waals surface area contributed by atoms with Gasteiger partial charge in [-0.1, -0.05) is 6.92 Å². The van der Waals surface area contributed by atoms with Crippen molar-refractivity contribution < 1.29 is 19.4 Å². The van der Waals surface area contributed by atoms with Crippen molar-refractivity contribution in [3.8, 4) is 0 Å². The van der Waals surface area contributed by atoms with Gasteiger partial charge in [0.1, 0.15) is 0 Å². The molecule has 2 saturated heterocycles. The quantitative estimate of drug-likeness (QED) is 0.773. The smallest absolute Gasteiger partial charge is 0.222 e. The Bertz CT molecular complexity index is 586. The van der Waals surface area contributed by atoms with Crippen LogP contribution in [0, 0.1) is 0 Å². The largest absolute Gasteiger partial charge is 0.389 e. The van der Waals surface area contributed by atoms with Crippen molar-refractivity contribution in [2.75, 3.05) is 26.3 Å². The van der Waals surface area contributed by atoms with Gasteiger partial charge >= 0.3 is 0 Å². The fraction of sp³-hybridized carbons (Fsp3) is 0.700. The highest BCUT2D eigenvalue weighted by Crippen LogP contribution is 2.28. The van der Waals surface area contributed by atoms with Gasteiger partial charge in [0.15, 0.2) is 0 Å². The minimum absolute atomic E-state index is 0.0520. The van der Waals surface area contributed by atoms with Crippen LogP contribution < -0.4 is 5.32 Å². The van der Waals surface area contributed by atoms with Crippen LogP contribution in [0.25, 0.3) is 0 Å². The molecule has 0 bridgehead atoms. The summed E-state index contributed by atoms with van der Waals surface area (Å²) in [6.45, 7) is 4.79. The number of ether oxygens (including phenoxy) is 2. The lowest BCUT2D eigenvalue weighted by atomic mass is 9.94. The van der Waals surface area contributed by atoms with E-state index in [0.29, 0.717) is 32.7 Å². The number of β-amino-alcohol motifs (C(OH)–C–C–N with tert-alkyl or cyclic N) is 1. The van der Waals surface area contributed by atoms with Crippen molar-refractivity contribution in [3.05, 3.63) is 30.1 Å². The number of aliphatic hydroxyl groups excluding tert-OH is 1. The maximum Gasteiger partial charge on any atom is 0.222 e. The third kappa shape index (κ3) is 5.97. The van der Waals surface area contributed by atoms with Crippen molar-refractivity contribution in [3.63, 3.8) is 0 Å². The molecule has 27 heavy (non-hydrogen) atoms. The third-order valence-corrected chi connectivity index (χ3v) is 5.21. The molecule has 0 aliphatic carbocycles. The summed E-state index contributed by atoms with van der Waals surface area (Å²) in [5.74, 6) is 0.0520. The average molecular weight is 377 g/mol. The number of rotatable bonds is 6. The fourth-order valence-corrected chi connectivity index (χ4v) is 3.89. The first-order chi connectivity index (χ1) is 13.2. The first-order valence-corrected chi connectivity index (χ1v) is 9.96. The highest BCUT2D eigenvalue weighted by atomic mass is 16.5. The van der Waals surface area contributed by atoms with Gasteiger partial charge in [-0.15, -0.1) is 0 Å². The number of pyridine rings is 1. The summed E-state index contributed by atoms with van der Waals surface area (Å²) in [5.41, 5.74) is 1.17. The van der Waals surface area contributed by atoms with Crippen molar-refractivity contribution in [2.45, 2.75) is 63.5 Å². The fourth-order valence-electron chi connectivity index (χ4n) is 3.89. The van der Waals surface area contributed by atoms with Crippen LogP contribution in [0.3, 0.4) is 0 Å². The Morgan fingerprint density at radius 3 is 2.93 bits per heavy atom. The van der Waals surface area contributed by atoms with E-state index in [9.17, 15) is 9.90 Å². The van der Waals surface area contributed by atoms with Crippen molar-refractivity contribution in [1.29, 1.82) is 0 Å². The Morgan fingerprint density at radius 1 is 1.33 bits per heavy atom. The zero-order valence-electron chi connectivity index (χ0n) is 16.0. The average Bonchev–Trinajstić information content (AvgIpc) is 2.66. The topological polar surface area (TPSA) is 83.9 Å². The third-order valence-electron chi connectivity index (χ3n) is 5.21. The molecule has 1 amide bonds. The van der Waals surface area contributed by atoms with Gasteiger partial charge < -0.3 is 19.9 Å². The molecule has 0 unspecified atom stereocenters. The molecule has 1 aromatic heterocycles. The van der Waals surface area contributed by atoms with E-state index in [1.165, 1.54) is 5.56 Å². The molecule has 2 fully saturated rings. The molecule has 7 heteroatoms. The summed E-state index contributed by atoms with van der Waals surface area (Å²) in [6.07, 6.45) is 6.01. The Labute approximate surface area is 161 Å². The van der Waals surface area contributed by atoms with E-state index in [1.807, 2.05) is 19.1 Å². The summed E-state index contributed by atoms with van der Waals surface area (Å²) in [7, 11) is 0. The van der Waals surface area contributed by atoms with Gasteiger partial charge in [0.2, 0.25) is 5.91 Å². The van der Waals surface area contributed by atoms with Gasteiger partial charge in [-0.2, -0.15) is 0 Å². The number of fused-ring (bicyclic) bond motifs is 1. The second kappa shape index (κ2) is 10.1. The Morgan fingerprint density at radius 2 is 2.15 bits per heavy atom. The summed E-state index contributed by atoms with van der Waals surface area (Å²) in [4.78, 5) is 18.4. The van der Waals surface area contributed by atoms with E-state index in [2.05, 4.69) is 15.2 Å². The minimum Gasteiger partial charge on any atom is -0.389 e. The molecule has 2 aliphatic rings. The van der Waals surface area contributed by atoms with Gasteiger partial charge in [0.25, 0.3) is 0 Å². The maximum atomic E-state index is 12.0. The first-order valence-electron chi connectivity index (χ1n) is 9.96. The number of aliphatic hydroxyl groups is 1. The lowest BCUT2D eigenvalue weighted by Crippen LogP contribution is -2.55. The van der Waals surface area contributed by atoms with Crippen molar-refractivity contribution >= 4 is 5.91 Å². The van der Waals surface area contributed by atoms with Gasteiger partial charge in [0.05, 0.1) is 37.9 Å². The molecule has 1 aromatic rings. The number of aromatic nitrogens is 1. The van der Waals surface area contributed by atoms with Gasteiger partial charge in [-0.05, 0) is 37.0 Å². The molecule has 3 rings (SSSR count). The van der Waals surface area contributed by atoms with E-state index in [1.54, 1.807) is 12.4 Å². The van der Waals surface area contributed by atoms with E-state index < -0.39 is 6.10 Å². The van der Waals surface area contributed by atoms with E-state index in [0.717, 1.165) is 25.8 Å². The second-order valence-electron chi connectivity index (χ2n) is 7.47. The predicted molar refractivity (Wildman–Crippen MR) is 101 cm³/mol. The van der Waals surface area contributed by atoms with Crippen LogP contribution >= 0.6 is 0 Å². The minimum atomic E-state index is -0.509. The lowest BCUT2D eigenvalue weighted by Gasteiger charge is -2.44. The van der Waals surface area contributed by atoms with Crippen LogP contribution in [-0.2, 0) is 20.8 Å². The molecular formula is C20H31N3O4. The van der Waals surface area contributed by atoms with Gasteiger partial charge in [-0.3, -0.25) is 14.7 Å². The predicted octanol–water partition coefficient (Wildman–Crippen LogP) is 1.11. The molecule has 2 N–H and O–H groups in total. The number of nitrogens with zero attached hydrogens (tertiary/aromatic N) is 2. The Balaban J connectivity index is 1.63. The molecule has 0 radical (unpaired) electrons. The number of hydrogen-bond donors (Lipinski definition) is 2. The van der Waals surface area contributed by atoms with Crippen LogP contribution in [0.2, 0.25) is 0 Å². The molecule has 0 spiro atoms. The number of nitrogens with one attached hydrogen (secondary N) is 1. The molecule has 4 atom stereocenters. The molecule has 3 heterocycles. The molecule has 150 valence electrons. The van der Waals surface area contributed by atoms with Crippen LogP contribution in [0.15, 0.2) is 24.5 Å². The second-order valence-corrected chi connectivity index (χ2v) is 7.47. The number of carbonyl (C=O) groups is 1. The van der Waals surface area contributed by atoms with E-state index in [4.69, 9.17) is 9.47 Å². The first kappa shape index (κ1) is 20.2. The number of hydrogen-bond acceptors (Lipinski definition) is 6. The van der Waals surface area contributed by atoms with Gasteiger partial charge in [0, 0.05) is 38.1 Å². The van der Waals surface area contributed by atoms with E-state index in [-0.39, 0.29) is 24.2 Å². The summed E-state index contributed by atoms with van der Waals surface area (Å²) in [6, 6.07) is 4.17. The SMILES string of the molecule is CCCNC(=O)C[C@H]1CC[C@@H]2[C@H](COC[C@@H](O)CN2Cc2ccncc2)O1. The lowest BCUT2D eigenvalue weighted by molar-refractivity contribution is -0.158. The Kier molecular flexibility index (Phi) is 7.58. The summed E-state index contributed by atoms with van der Waals surface area (Å²) in [5, 5.41) is 13.2. The van der Waals surface area contributed by atoms with Gasteiger partial charge in [-0.25, -0.2) is 0 Å². The van der Waals surface area contributed by atoms with Crippen LogP contribution in [0.5, 0.6) is 0 Å². The molecule has 0 aromatic carbocycles. The molecular weight excluding hydrogens is 346 g/mol. The normalized spacial score (nSPS) is 29.4. The highest BCUT2D eigenvalue weighted by molar-refractivity contribution is 5.76. The summed E-state index contributed by atoms with van der Waals surface area (Å²) < 4.78 is 11.9. The molecule has 7 nitrogen and oxygen atoms in total. The zero-order valence-corrected chi connectivity index (χ0v) is 16.0. The van der Waals surface area contributed by atoms with Crippen LogP contribution in [-0.4, -0.2) is 71.6 Å². The molecule has 0 saturated carbocycles. The van der Waals surface area contributed by atoms with Crippen LogP contribution in [0.4, 0.5) is 0 Å². The number of amides is 1. The number of carbonyl (C=O) groups excluding carboxylic acids is 1.